The minimum absolute atomic E-state index is 0.172. The molecule has 3 rings (SSSR count). The van der Waals surface area contributed by atoms with Crippen molar-refractivity contribution in [2.75, 3.05) is 0 Å². The summed E-state index contributed by atoms with van der Waals surface area (Å²) in [5.74, 6) is -0.534. The lowest BCUT2D eigenvalue weighted by Gasteiger charge is -2.15. The van der Waals surface area contributed by atoms with Crippen molar-refractivity contribution in [3.8, 4) is 11.4 Å². The minimum Gasteiger partial charge on any atom is -0.368 e. The quantitative estimate of drug-likeness (QED) is 0.622. The Morgan fingerprint density at radius 1 is 1.11 bits per heavy atom. The summed E-state index contributed by atoms with van der Waals surface area (Å²) in [7, 11) is 0. The monoisotopic (exact) mass is 382 g/mol. The first-order valence-corrected chi connectivity index (χ1v) is 8.75. The molecule has 3 aromatic rings. The van der Waals surface area contributed by atoms with Gasteiger partial charge in [0.25, 0.3) is 0 Å². The van der Waals surface area contributed by atoms with Gasteiger partial charge in [0.1, 0.15) is 11.9 Å². The Morgan fingerprint density at radius 3 is 2.50 bits per heavy atom. The van der Waals surface area contributed by atoms with Gasteiger partial charge in [-0.3, -0.25) is 9.59 Å². The number of nitrogens with one attached hydrogen (secondary N) is 1. The SMILES string of the molecule is NC(=O)C(NC(=O)CCCc1nc(-c2ccc(F)cc2)no1)c1ccccc1. The summed E-state index contributed by atoms with van der Waals surface area (Å²) in [5.41, 5.74) is 6.66. The minimum atomic E-state index is -0.873. The molecule has 28 heavy (non-hydrogen) atoms. The van der Waals surface area contributed by atoms with Crippen LogP contribution in [0.25, 0.3) is 11.4 Å². The van der Waals surface area contributed by atoms with E-state index in [2.05, 4.69) is 15.5 Å². The predicted octanol–water partition coefficient (Wildman–Crippen LogP) is 2.54. The first-order valence-electron chi connectivity index (χ1n) is 8.75. The Morgan fingerprint density at radius 2 is 1.82 bits per heavy atom. The molecular formula is C20H19FN4O3. The summed E-state index contributed by atoms with van der Waals surface area (Å²) in [4.78, 5) is 28.0. The van der Waals surface area contributed by atoms with Crippen molar-refractivity contribution in [2.45, 2.75) is 25.3 Å². The van der Waals surface area contributed by atoms with Crippen LogP contribution in [0.5, 0.6) is 0 Å². The molecule has 2 aromatic carbocycles. The van der Waals surface area contributed by atoms with Gasteiger partial charge in [0.2, 0.25) is 23.5 Å². The van der Waals surface area contributed by atoms with Crippen LogP contribution < -0.4 is 11.1 Å². The molecule has 0 radical (unpaired) electrons. The van der Waals surface area contributed by atoms with Crippen LogP contribution in [-0.2, 0) is 16.0 Å². The molecule has 2 amide bonds. The van der Waals surface area contributed by atoms with E-state index in [9.17, 15) is 14.0 Å². The summed E-state index contributed by atoms with van der Waals surface area (Å²) in [5, 5.41) is 6.49. The van der Waals surface area contributed by atoms with Gasteiger partial charge in [-0.15, -0.1) is 0 Å². The number of nitrogens with zero attached hydrogens (tertiary/aromatic N) is 2. The average Bonchev–Trinajstić information content (AvgIpc) is 3.16. The molecule has 7 nitrogen and oxygen atoms in total. The zero-order valence-electron chi connectivity index (χ0n) is 15.0. The highest BCUT2D eigenvalue weighted by atomic mass is 19.1. The molecule has 0 bridgehead atoms. The van der Waals surface area contributed by atoms with Gasteiger partial charge in [0, 0.05) is 18.4 Å². The lowest BCUT2D eigenvalue weighted by molar-refractivity contribution is -0.127. The fourth-order valence-corrected chi connectivity index (χ4v) is 2.67. The largest absolute Gasteiger partial charge is 0.368 e. The molecule has 0 aliphatic carbocycles. The standard InChI is InChI=1S/C20H19FN4O3/c21-15-11-9-14(10-12-15)20-24-17(28-25-20)8-4-7-16(26)23-18(19(22)27)13-5-2-1-3-6-13/h1-3,5-6,9-12,18H,4,7-8H2,(H2,22,27)(H,23,26). The number of rotatable bonds is 8. The maximum Gasteiger partial charge on any atom is 0.244 e. The van der Waals surface area contributed by atoms with Crippen molar-refractivity contribution in [1.29, 1.82) is 0 Å². The lowest BCUT2D eigenvalue weighted by atomic mass is 10.1. The van der Waals surface area contributed by atoms with Crippen LogP contribution in [0.4, 0.5) is 4.39 Å². The Kier molecular flexibility index (Phi) is 6.11. The van der Waals surface area contributed by atoms with E-state index in [1.807, 2.05) is 6.07 Å². The van der Waals surface area contributed by atoms with Crippen molar-refractivity contribution < 1.29 is 18.5 Å². The number of aromatic nitrogens is 2. The summed E-state index contributed by atoms with van der Waals surface area (Å²) in [6, 6.07) is 13.7. The second kappa shape index (κ2) is 8.90. The van der Waals surface area contributed by atoms with E-state index in [1.54, 1.807) is 36.4 Å². The zero-order chi connectivity index (χ0) is 19.9. The molecule has 0 saturated carbocycles. The molecule has 8 heteroatoms. The average molecular weight is 382 g/mol. The lowest BCUT2D eigenvalue weighted by Crippen LogP contribution is -2.37. The number of carbonyl (C=O) groups excluding carboxylic acids is 2. The van der Waals surface area contributed by atoms with Crippen molar-refractivity contribution in [3.05, 3.63) is 71.9 Å². The van der Waals surface area contributed by atoms with E-state index >= 15 is 0 Å². The van der Waals surface area contributed by atoms with Gasteiger partial charge in [-0.1, -0.05) is 35.5 Å². The van der Waals surface area contributed by atoms with E-state index in [-0.39, 0.29) is 18.1 Å². The van der Waals surface area contributed by atoms with E-state index in [4.69, 9.17) is 10.3 Å². The zero-order valence-corrected chi connectivity index (χ0v) is 15.0. The van der Waals surface area contributed by atoms with Gasteiger partial charge in [0.15, 0.2) is 0 Å². The summed E-state index contributed by atoms with van der Waals surface area (Å²) < 4.78 is 18.1. The molecule has 1 atom stereocenters. The maximum atomic E-state index is 13.0. The number of hydrogen-bond donors (Lipinski definition) is 2. The third kappa shape index (κ3) is 5.00. The number of aryl methyl sites for hydroxylation is 1. The molecule has 1 heterocycles. The fraction of sp³-hybridized carbons (Fsp3) is 0.200. The van der Waals surface area contributed by atoms with Crippen LogP contribution >= 0.6 is 0 Å². The second-order valence-corrected chi connectivity index (χ2v) is 6.19. The van der Waals surface area contributed by atoms with Crippen molar-refractivity contribution in [1.82, 2.24) is 15.5 Å². The number of benzene rings is 2. The summed E-state index contributed by atoms with van der Waals surface area (Å²) in [6.45, 7) is 0. The highest BCUT2D eigenvalue weighted by molar-refractivity contribution is 5.87. The van der Waals surface area contributed by atoms with Gasteiger partial charge in [-0.2, -0.15) is 4.98 Å². The van der Waals surface area contributed by atoms with Crippen molar-refractivity contribution in [3.63, 3.8) is 0 Å². The summed E-state index contributed by atoms with van der Waals surface area (Å²) >= 11 is 0. The Bertz CT molecular complexity index is 942. The van der Waals surface area contributed by atoms with Gasteiger partial charge >= 0.3 is 0 Å². The van der Waals surface area contributed by atoms with Crippen LogP contribution in [0.3, 0.4) is 0 Å². The molecular weight excluding hydrogens is 363 g/mol. The molecule has 1 aromatic heterocycles. The van der Waals surface area contributed by atoms with Crippen LogP contribution in [0, 0.1) is 5.82 Å². The molecule has 0 fully saturated rings. The molecule has 144 valence electrons. The number of amides is 2. The van der Waals surface area contributed by atoms with Crippen LogP contribution in [-0.4, -0.2) is 22.0 Å². The van der Waals surface area contributed by atoms with E-state index < -0.39 is 11.9 Å². The Hall–Kier alpha value is -3.55. The Balaban J connectivity index is 1.51. The molecule has 1 unspecified atom stereocenters. The molecule has 0 aliphatic rings. The number of halogens is 1. The number of carbonyl (C=O) groups is 2. The normalized spacial score (nSPS) is 11.8. The smallest absolute Gasteiger partial charge is 0.244 e. The Labute approximate surface area is 160 Å². The fourth-order valence-electron chi connectivity index (χ4n) is 2.67. The van der Waals surface area contributed by atoms with Gasteiger partial charge in [-0.05, 0) is 36.2 Å². The molecule has 0 aliphatic heterocycles. The third-order valence-electron chi connectivity index (χ3n) is 4.09. The highest BCUT2D eigenvalue weighted by Crippen LogP contribution is 2.17. The molecule has 3 N–H and O–H groups in total. The second-order valence-electron chi connectivity index (χ2n) is 6.19. The number of primary amides is 1. The van der Waals surface area contributed by atoms with E-state index in [0.717, 1.165) is 0 Å². The summed E-state index contributed by atoms with van der Waals surface area (Å²) in [6.07, 6.45) is 1.02. The van der Waals surface area contributed by atoms with Gasteiger partial charge < -0.3 is 15.6 Å². The first-order chi connectivity index (χ1) is 13.5. The number of nitrogens with two attached hydrogens (primary N) is 1. The topological polar surface area (TPSA) is 111 Å². The van der Waals surface area contributed by atoms with E-state index in [1.165, 1.54) is 12.1 Å². The van der Waals surface area contributed by atoms with Gasteiger partial charge in [-0.25, -0.2) is 4.39 Å². The third-order valence-corrected chi connectivity index (χ3v) is 4.09. The van der Waals surface area contributed by atoms with E-state index in [0.29, 0.717) is 35.7 Å². The van der Waals surface area contributed by atoms with Crippen LogP contribution in [0.15, 0.2) is 59.1 Å². The maximum absolute atomic E-state index is 13.0. The highest BCUT2D eigenvalue weighted by Gasteiger charge is 2.20. The van der Waals surface area contributed by atoms with Crippen molar-refractivity contribution in [2.24, 2.45) is 5.73 Å². The van der Waals surface area contributed by atoms with Crippen LogP contribution in [0.1, 0.15) is 30.3 Å². The van der Waals surface area contributed by atoms with Crippen LogP contribution in [0.2, 0.25) is 0 Å². The van der Waals surface area contributed by atoms with Crippen molar-refractivity contribution >= 4 is 11.8 Å². The predicted molar refractivity (Wildman–Crippen MR) is 99.2 cm³/mol. The molecule has 0 spiro atoms. The number of hydrogen-bond acceptors (Lipinski definition) is 5. The first kappa shape index (κ1) is 19.2. The molecule has 0 saturated heterocycles. The van der Waals surface area contributed by atoms with Gasteiger partial charge in [0.05, 0.1) is 0 Å².